The minimum absolute atomic E-state index is 0.0485. The van der Waals surface area contributed by atoms with E-state index < -0.39 is 0 Å². The van der Waals surface area contributed by atoms with Crippen LogP contribution in [0, 0.1) is 22.7 Å². The van der Waals surface area contributed by atoms with E-state index in [1.165, 1.54) is 6.20 Å². The van der Waals surface area contributed by atoms with E-state index in [0.717, 1.165) is 0 Å². The van der Waals surface area contributed by atoms with Gasteiger partial charge in [0.15, 0.2) is 0 Å². The SMILES string of the molecule is N#CC(C#N)=CNc1cccc(C(=O)NCc2ccco2)c1. The number of anilines is 1. The molecule has 108 valence electrons. The van der Waals surface area contributed by atoms with Crippen molar-refractivity contribution < 1.29 is 9.21 Å². The van der Waals surface area contributed by atoms with Gasteiger partial charge in [0.2, 0.25) is 0 Å². The third kappa shape index (κ3) is 3.99. The van der Waals surface area contributed by atoms with Gasteiger partial charge in [0.25, 0.3) is 5.91 Å². The molecular weight excluding hydrogens is 280 g/mol. The molecule has 6 nitrogen and oxygen atoms in total. The molecular formula is C16H12N4O2. The summed E-state index contributed by atoms with van der Waals surface area (Å²) in [6.45, 7) is 0.302. The van der Waals surface area contributed by atoms with Crippen molar-refractivity contribution in [1.82, 2.24) is 5.32 Å². The Morgan fingerprint density at radius 2 is 2.05 bits per heavy atom. The molecule has 2 rings (SSSR count). The van der Waals surface area contributed by atoms with E-state index in [-0.39, 0.29) is 11.5 Å². The molecule has 0 spiro atoms. The van der Waals surface area contributed by atoms with Crippen LogP contribution in [0.25, 0.3) is 0 Å². The van der Waals surface area contributed by atoms with E-state index in [9.17, 15) is 4.79 Å². The number of carbonyl (C=O) groups excluding carboxylic acids is 1. The zero-order valence-electron chi connectivity index (χ0n) is 11.5. The molecule has 0 bridgehead atoms. The van der Waals surface area contributed by atoms with Gasteiger partial charge in [-0.2, -0.15) is 10.5 Å². The van der Waals surface area contributed by atoms with Gasteiger partial charge in [0.1, 0.15) is 23.5 Å². The van der Waals surface area contributed by atoms with Gasteiger partial charge in [0.05, 0.1) is 12.8 Å². The quantitative estimate of drug-likeness (QED) is 0.824. The van der Waals surface area contributed by atoms with Crippen LogP contribution in [-0.4, -0.2) is 5.91 Å². The summed E-state index contributed by atoms with van der Waals surface area (Å²) in [5.41, 5.74) is 1.02. The van der Waals surface area contributed by atoms with Crippen LogP contribution in [0.3, 0.4) is 0 Å². The largest absolute Gasteiger partial charge is 0.467 e. The highest BCUT2D eigenvalue weighted by Crippen LogP contribution is 2.11. The first-order valence-corrected chi connectivity index (χ1v) is 6.40. The molecule has 1 amide bonds. The lowest BCUT2D eigenvalue weighted by Crippen LogP contribution is -2.22. The van der Waals surface area contributed by atoms with Crippen LogP contribution in [0.5, 0.6) is 0 Å². The molecule has 0 fully saturated rings. The number of carbonyl (C=O) groups is 1. The molecule has 0 saturated carbocycles. The van der Waals surface area contributed by atoms with Crippen molar-refractivity contribution in [2.45, 2.75) is 6.54 Å². The number of hydrogen-bond acceptors (Lipinski definition) is 5. The Morgan fingerprint density at radius 3 is 2.73 bits per heavy atom. The summed E-state index contributed by atoms with van der Waals surface area (Å²) < 4.78 is 5.14. The Kier molecular flexibility index (Phi) is 4.95. The van der Waals surface area contributed by atoms with Crippen LogP contribution in [0.4, 0.5) is 5.69 Å². The fourth-order valence-corrected chi connectivity index (χ4v) is 1.68. The van der Waals surface area contributed by atoms with Gasteiger partial charge < -0.3 is 15.1 Å². The first kappa shape index (κ1) is 14.9. The summed E-state index contributed by atoms with van der Waals surface area (Å²) in [7, 11) is 0. The predicted molar refractivity (Wildman–Crippen MR) is 79.3 cm³/mol. The summed E-state index contributed by atoms with van der Waals surface area (Å²) in [6.07, 6.45) is 2.83. The molecule has 0 aliphatic heterocycles. The summed E-state index contributed by atoms with van der Waals surface area (Å²) in [5, 5.41) is 22.8. The molecule has 2 N–H and O–H groups in total. The molecule has 6 heteroatoms. The molecule has 0 radical (unpaired) electrons. The maximum Gasteiger partial charge on any atom is 0.251 e. The average molecular weight is 292 g/mol. The minimum Gasteiger partial charge on any atom is -0.467 e. The number of nitriles is 2. The Morgan fingerprint density at radius 1 is 1.23 bits per heavy atom. The number of benzene rings is 1. The minimum atomic E-state index is -0.246. The molecule has 0 unspecified atom stereocenters. The zero-order chi connectivity index (χ0) is 15.8. The average Bonchev–Trinajstić information content (AvgIpc) is 3.07. The van der Waals surface area contributed by atoms with E-state index in [2.05, 4.69) is 10.6 Å². The van der Waals surface area contributed by atoms with Gasteiger partial charge in [-0.1, -0.05) is 6.07 Å². The van der Waals surface area contributed by atoms with Crippen LogP contribution in [0.15, 0.2) is 58.9 Å². The topological polar surface area (TPSA) is 102 Å². The highest BCUT2D eigenvalue weighted by atomic mass is 16.3. The van der Waals surface area contributed by atoms with Crippen LogP contribution in [0.1, 0.15) is 16.1 Å². The summed E-state index contributed by atoms with van der Waals surface area (Å²) in [6, 6.07) is 13.7. The van der Waals surface area contributed by atoms with Crippen molar-refractivity contribution in [3.05, 3.63) is 65.8 Å². The van der Waals surface area contributed by atoms with Crippen molar-refractivity contribution >= 4 is 11.6 Å². The Balaban J connectivity index is 2.02. The molecule has 0 aliphatic carbocycles. The van der Waals surface area contributed by atoms with E-state index in [0.29, 0.717) is 23.6 Å². The molecule has 1 aromatic heterocycles. The second-order valence-electron chi connectivity index (χ2n) is 4.27. The second-order valence-corrected chi connectivity index (χ2v) is 4.27. The summed E-state index contributed by atoms with van der Waals surface area (Å²) in [5.74, 6) is 0.420. The van der Waals surface area contributed by atoms with Gasteiger partial charge in [-0.25, -0.2) is 0 Å². The lowest BCUT2D eigenvalue weighted by Gasteiger charge is -2.06. The van der Waals surface area contributed by atoms with Crippen molar-refractivity contribution in [3.63, 3.8) is 0 Å². The monoisotopic (exact) mass is 292 g/mol. The summed E-state index contributed by atoms with van der Waals surface area (Å²) in [4.78, 5) is 12.0. The van der Waals surface area contributed by atoms with Crippen LogP contribution in [0.2, 0.25) is 0 Å². The van der Waals surface area contributed by atoms with Gasteiger partial charge in [-0.15, -0.1) is 0 Å². The lowest BCUT2D eigenvalue weighted by molar-refractivity contribution is 0.0948. The van der Waals surface area contributed by atoms with Crippen LogP contribution < -0.4 is 10.6 Å². The van der Waals surface area contributed by atoms with Crippen molar-refractivity contribution in [3.8, 4) is 12.1 Å². The number of allylic oxidation sites excluding steroid dienone is 1. The first-order valence-electron chi connectivity index (χ1n) is 6.40. The Bertz CT molecular complexity index is 748. The number of rotatable bonds is 5. The second kappa shape index (κ2) is 7.32. The third-order valence-corrected chi connectivity index (χ3v) is 2.75. The molecule has 1 aromatic carbocycles. The van der Waals surface area contributed by atoms with Gasteiger partial charge in [-0.3, -0.25) is 4.79 Å². The number of nitrogens with one attached hydrogen (secondary N) is 2. The van der Waals surface area contributed by atoms with E-state index in [1.54, 1.807) is 54.8 Å². The van der Waals surface area contributed by atoms with E-state index in [4.69, 9.17) is 14.9 Å². The number of nitrogens with zero attached hydrogens (tertiary/aromatic N) is 2. The van der Waals surface area contributed by atoms with E-state index >= 15 is 0 Å². The number of furan rings is 1. The maximum atomic E-state index is 12.0. The van der Waals surface area contributed by atoms with Gasteiger partial charge in [0, 0.05) is 17.5 Å². The van der Waals surface area contributed by atoms with Gasteiger partial charge in [-0.05, 0) is 30.3 Å². The van der Waals surface area contributed by atoms with E-state index in [1.807, 2.05) is 0 Å². The fraction of sp³-hybridized carbons (Fsp3) is 0.0625. The lowest BCUT2D eigenvalue weighted by atomic mass is 10.2. The maximum absolute atomic E-state index is 12.0. The molecule has 22 heavy (non-hydrogen) atoms. The smallest absolute Gasteiger partial charge is 0.251 e. The molecule has 0 aliphatic rings. The van der Waals surface area contributed by atoms with Crippen molar-refractivity contribution in [2.75, 3.05) is 5.32 Å². The standard InChI is InChI=1S/C16H12N4O2/c17-8-12(9-18)10-19-14-4-1-3-13(7-14)16(21)20-11-15-5-2-6-22-15/h1-7,10,19H,11H2,(H,20,21). The zero-order valence-corrected chi connectivity index (χ0v) is 11.5. The molecule has 1 heterocycles. The molecule has 2 aromatic rings. The predicted octanol–water partition coefficient (Wildman–Crippen LogP) is 2.55. The Labute approximate surface area is 127 Å². The number of amides is 1. The normalized spacial score (nSPS) is 9.18. The molecule has 0 atom stereocenters. The van der Waals surface area contributed by atoms with Gasteiger partial charge >= 0.3 is 0 Å². The van der Waals surface area contributed by atoms with Crippen molar-refractivity contribution in [1.29, 1.82) is 10.5 Å². The Hall–Kier alpha value is -3.51. The highest BCUT2D eigenvalue weighted by Gasteiger charge is 2.06. The summed E-state index contributed by atoms with van der Waals surface area (Å²) >= 11 is 0. The van der Waals surface area contributed by atoms with Crippen LogP contribution in [-0.2, 0) is 6.54 Å². The third-order valence-electron chi connectivity index (χ3n) is 2.75. The van der Waals surface area contributed by atoms with Crippen LogP contribution >= 0.6 is 0 Å². The molecule has 0 saturated heterocycles. The van der Waals surface area contributed by atoms with Crippen molar-refractivity contribution in [2.24, 2.45) is 0 Å². The fourth-order valence-electron chi connectivity index (χ4n) is 1.68. The number of hydrogen-bond donors (Lipinski definition) is 2. The highest BCUT2D eigenvalue weighted by molar-refractivity contribution is 5.95. The first-order chi connectivity index (χ1) is 10.7.